The molecule has 0 fully saturated rings. The molecule has 0 aromatic carbocycles. The summed E-state index contributed by atoms with van der Waals surface area (Å²) < 4.78 is 27.1. The molecule has 1 amide bonds. The van der Waals surface area contributed by atoms with Crippen LogP contribution in [0.25, 0.3) is 0 Å². The summed E-state index contributed by atoms with van der Waals surface area (Å²) in [5.41, 5.74) is 0. The molecule has 0 saturated heterocycles. The van der Waals surface area contributed by atoms with Gasteiger partial charge in [-0.05, 0) is 27.2 Å². The Morgan fingerprint density at radius 1 is 1.00 bits per heavy atom. The van der Waals surface area contributed by atoms with Gasteiger partial charge in [0.1, 0.15) is 6.61 Å². The topological polar surface area (TPSA) is 95.5 Å². The Labute approximate surface area is 139 Å². The SMILES string of the molecule is CCO[Si](CCCNC(=O)OCCOCCO)(OCC)OCC. The second-order valence-corrected chi connectivity index (χ2v) is 7.22. The zero-order chi connectivity index (χ0) is 17.4. The minimum absolute atomic E-state index is 0.0443. The van der Waals surface area contributed by atoms with E-state index in [0.717, 1.165) is 0 Å². The van der Waals surface area contributed by atoms with Crippen LogP contribution in [0.15, 0.2) is 0 Å². The molecule has 0 aliphatic rings. The minimum Gasteiger partial charge on any atom is -0.447 e. The first-order valence-corrected chi connectivity index (χ1v) is 10.1. The van der Waals surface area contributed by atoms with Crippen LogP contribution in [0.1, 0.15) is 27.2 Å². The van der Waals surface area contributed by atoms with E-state index in [0.29, 0.717) is 38.8 Å². The molecule has 0 aromatic heterocycles. The van der Waals surface area contributed by atoms with Gasteiger partial charge in [0.2, 0.25) is 0 Å². The Hall–Kier alpha value is -0.713. The van der Waals surface area contributed by atoms with Gasteiger partial charge >= 0.3 is 14.9 Å². The fourth-order valence-corrected chi connectivity index (χ4v) is 4.52. The number of nitrogens with one attached hydrogen (secondary N) is 1. The molecule has 0 aliphatic carbocycles. The summed E-state index contributed by atoms with van der Waals surface area (Å²) in [6.45, 7) is 8.42. The number of aliphatic hydroxyl groups is 1. The molecule has 2 N–H and O–H groups in total. The van der Waals surface area contributed by atoms with Gasteiger partial charge in [0, 0.05) is 32.4 Å². The van der Waals surface area contributed by atoms with Crippen LogP contribution < -0.4 is 5.32 Å². The van der Waals surface area contributed by atoms with Gasteiger partial charge in [0.25, 0.3) is 0 Å². The van der Waals surface area contributed by atoms with Crippen LogP contribution in [-0.4, -0.2) is 72.8 Å². The van der Waals surface area contributed by atoms with Crippen molar-refractivity contribution >= 4 is 14.9 Å². The Balaban J connectivity index is 3.93. The van der Waals surface area contributed by atoms with Crippen molar-refractivity contribution in [2.75, 3.05) is 52.8 Å². The van der Waals surface area contributed by atoms with E-state index in [1.54, 1.807) is 0 Å². The van der Waals surface area contributed by atoms with Crippen molar-refractivity contribution in [2.45, 2.75) is 33.2 Å². The molecular formula is C14H31NO7Si. The maximum Gasteiger partial charge on any atom is 0.500 e. The predicted octanol–water partition coefficient (Wildman–Crippen LogP) is 1.16. The van der Waals surface area contributed by atoms with Crippen LogP contribution in [0.4, 0.5) is 4.79 Å². The molecule has 23 heavy (non-hydrogen) atoms. The smallest absolute Gasteiger partial charge is 0.447 e. The van der Waals surface area contributed by atoms with Crippen LogP contribution in [0, 0.1) is 0 Å². The number of alkyl carbamates (subject to hydrolysis) is 1. The standard InChI is InChI=1S/C14H31NO7Si/c1-4-20-23(21-5-2,22-6-3)13-7-8-15-14(17)19-12-11-18-10-9-16/h16H,4-13H2,1-3H3,(H,15,17). The number of carbonyl (C=O) groups is 1. The Bertz CT molecular complexity index is 277. The van der Waals surface area contributed by atoms with Crippen LogP contribution in [0.3, 0.4) is 0 Å². The van der Waals surface area contributed by atoms with Crippen molar-refractivity contribution in [1.82, 2.24) is 5.32 Å². The van der Waals surface area contributed by atoms with Gasteiger partial charge in [-0.1, -0.05) is 0 Å². The number of aliphatic hydroxyl groups excluding tert-OH is 1. The monoisotopic (exact) mass is 353 g/mol. The largest absolute Gasteiger partial charge is 0.500 e. The minimum atomic E-state index is -2.64. The van der Waals surface area contributed by atoms with E-state index in [-0.39, 0.29) is 26.4 Å². The van der Waals surface area contributed by atoms with Crippen LogP contribution >= 0.6 is 0 Å². The average Bonchev–Trinajstić information content (AvgIpc) is 2.52. The molecule has 0 saturated carbocycles. The highest BCUT2D eigenvalue weighted by Crippen LogP contribution is 2.17. The van der Waals surface area contributed by atoms with Gasteiger partial charge in [0.15, 0.2) is 0 Å². The van der Waals surface area contributed by atoms with Crippen molar-refractivity contribution < 1.29 is 32.7 Å². The van der Waals surface area contributed by atoms with Gasteiger partial charge < -0.3 is 33.2 Å². The van der Waals surface area contributed by atoms with Crippen LogP contribution in [0.2, 0.25) is 6.04 Å². The first-order chi connectivity index (χ1) is 11.1. The fraction of sp³-hybridized carbons (Fsp3) is 0.929. The van der Waals surface area contributed by atoms with E-state index in [2.05, 4.69) is 5.32 Å². The number of amides is 1. The maximum atomic E-state index is 11.5. The lowest BCUT2D eigenvalue weighted by atomic mass is 10.5. The van der Waals surface area contributed by atoms with E-state index in [4.69, 9.17) is 27.9 Å². The Kier molecular flexibility index (Phi) is 14.4. The highest BCUT2D eigenvalue weighted by atomic mass is 28.4. The summed E-state index contributed by atoms with van der Waals surface area (Å²) in [6.07, 6.45) is 0.191. The Morgan fingerprint density at radius 3 is 2.13 bits per heavy atom. The van der Waals surface area contributed by atoms with Gasteiger partial charge in [-0.3, -0.25) is 0 Å². The molecule has 0 unspecified atom stereocenters. The summed E-state index contributed by atoms with van der Waals surface area (Å²) in [6, 6.07) is 0.641. The molecule has 0 aromatic rings. The zero-order valence-corrected chi connectivity index (χ0v) is 15.5. The zero-order valence-electron chi connectivity index (χ0n) is 14.5. The summed E-state index contributed by atoms with van der Waals surface area (Å²) in [7, 11) is -2.64. The van der Waals surface area contributed by atoms with E-state index < -0.39 is 14.9 Å². The number of rotatable bonds is 15. The van der Waals surface area contributed by atoms with E-state index in [1.165, 1.54) is 0 Å². The second-order valence-electron chi connectivity index (χ2n) is 4.48. The summed E-state index contributed by atoms with van der Waals surface area (Å²) in [4.78, 5) is 11.5. The third-order valence-corrected chi connectivity index (χ3v) is 5.87. The first kappa shape index (κ1) is 22.3. The predicted molar refractivity (Wildman–Crippen MR) is 87.3 cm³/mol. The molecule has 8 nitrogen and oxygen atoms in total. The molecule has 0 radical (unpaired) electrons. The van der Waals surface area contributed by atoms with Crippen molar-refractivity contribution in [1.29, 1.82) is 0 Å². The molecule has 0 spiro atoms. The molecule has 138 valence electrons. The van der Waals surface area contributed by atoms with Crippen molar-refractivity contribution in [3.05, 3.63) is 0 Å². The normalized spacial score (nSPS) is 11.5. The third kappa shape index (κ3) is 11.5. The fourth-order valence-electron chi connectivity index (χ4n) is 1.91. The molecule has 0 rings (SSSR count). The van der Waals surface area contributed by atoms with Crippen molar-refractivity contribution in [2.24, 2.45) is 0 Å². The van der Waals surface area contributed by atoms with Gasteiger partial charge in [-0.15, -0.1) is 0 Å². The number of carbonyl (C=O) groups excluding carboxylic acids is 1. The maximum absolute atomic E-state index is 11.5. The first-order valence-electron chi connectivity index (χ1n) is 8.15. The number of ether oxygens (including phenoxy) is 2. The highest BCUT2D eigenvalue weighted by molar-refractivity contribution is 6.60. The van der Waals surface area contributed by atoms with E-state index in [9.17, 15) is 4.79 Å². The lowest BCUT2D eigenvalue weighted by Gasteiger charge is -2.28. The molecule has 9 heteroatoms. The Morgan fingerprint density at radius 2 is 1.61 bits per heavy atom. The van der Waals surface area contributed by atoms with Gasteiger partial charge in [-0.2, -0.15) is 0 Å². The van der Waals surface area contributed by atoms with Gasteiger partial charge in [-0.25, -0.2) is 4.79 Å². The van der Waals surface area contributed by atoms with E-state index in [1.807, 2.05) is 20.8 Å². The second kappa shape index (κ2) is 14.9. The number of hydrogen-bond acceptors (Lipinski definition) is 7. The van der Waals surface area contributed by atoms with Crippen LogP contribution in [-0.2, 0) is 22.8 Å². The highest BCUT2D eigenvalue weighted by Gasteiger charge is 2.39. The van der Waals surface area contributed by atoms with Crippen LogP contribution in [0.5, 0.6) is 0 Å². The lowest BCUT2D eigenvalue weighted by Crippen LogP contribution is -2.46. The van der Waals surface area contributed by atoms with Crippen molar-refractivity contribution in [3.63, 3.8) is 0 Å². The molecule has 0 bridgehead atoms. The van der Waals surface area contributed by atoms with Gasteiger partial charge in [0.05, 0.1) is 19.8 Å². The third-order valence-electron chi connectivity index (χ3n) is 2.72. The molecule has 0 aliphatic heterocycles. The quantitative estimate of drug-likeness (QED) is 0.337. The molecular weight excluding hydrogens is 322 g/mol. The molecule has 0 atom stereocenters. The average molecular weight is 353 g/mol. The number of hydrogen-bond donors (Lipinski definition) is 2. The summed E-state index contributed by atoms with van der Waals surface area (Å²) >= 11 is 0. The lowest BCUT2D eigenvalue weighted by molar-refractivity contribution is 0.0534. The summed E-state index contributed by atoms with van der Waals surface area (Å²) in [5, 5.41) is 11.2. The molecule has 0 heterocycles. The van der Waals surface area contributed by atoms with Crippen molar-refractivity contribution in [3.8, 4) is 0 Å². The van der Waals surface area contributed by atoms with E-state index >= 15 is 0 Å². The summed E-state index contributed by atoms with van der Waals surface area (Å²) in [5.74, 6) is 0.